The molecule has 3 heterocycles. The van der Waals surface area contributed by atoms with Crippen molar-refractivity contribution in [3.8, 4) is 5.75 Å². The second-order valence-electron chi connectivity index (χ2n) is 7.58. The number of hydrogen-bond acceptors (Lipinski definition) is 7. The molecule has 1 saturated heterocycles. The van der Waals surface area contributed by atoms with E-state index in [1.54, 1.807) is 29.8 Å². The maximum atomic E-state index is 5.52. The van der Waals surface area contributed by atoms with Crippen LogP contribution in [-0.2, 0) is 0 Å². The van der Waals surface area contributed by atoms with Crippen molar-refractivity contribution in [2.45, 2.75) is 20.8 Å². The highest BCUT2D eigenvalue weighted by Crippen LogP contribution is 2.37. The van der Waals surface area contributed by atoms with Crippen LogP contribution in [0.2, 0.25) is 0 Å². The molecule has 2 aromatic carbocycles. The lowest BCUT2D eigenvalue weighted by molar-refractivity contribution is 0.419. The van der Waals surface area contributed by atoms with Crippen LogP contribution in [0.1, 0.15) is 16.7 Å². The fraction of sp³-hybridized carbons (Fsp3) is 0.364. The summed E-state index contributed by atoms with van der Waals surface area (Å²) in [6.07, 6.45) is 0. The molecule has 0 bridgehead atoms. The minimum Gasteiger partial charge on any atom is -0.494 e. The average molecular weight is 425 g/mol. The van der Waals surface area contributed by atoms with Gasteiger partial charge in [-0.25, -0.2) is 9.97 Å². The molecule has 1 fully saturated rings. The molecule has 5 nitrogen and oxygen atoms in total. The second-order valence-corrected chi connectivity index (χ2v) is 9.57. The number of piperazine rings is 1. The summed E-state index contributed by atoms with van der Waals surface area (Å²) in [7, 11) is 1.71. The molecule has 0 amide bonds. The molecule has 5 rings (SSSR count). The van der Waals surface area contributed by atoms with Crippen LogP contribution in [0.25, 0.3) is 20.4 Å². The van der Waals surface area contributed by atoms with Gasteiger partial charge in [-0.05, 0) is 49.6 Å². The molecule has 4 aromatic rings. The van der Waals surface area contributed by atoms with Crippen molar-refractivity contribution in [2.75, 3.05) is 43.1 Å². The number of aryl methyl sites for hydroxylation is 3. The van der Waals surface area contributed by atoms with Crippen molar-refractivity contribution in [3.63, 3.8) is 0 Å². The first-order valence-corrected chi connectivity index (χ1v) is 11.5. The van der Waals surface area contributed by atoms with Crippen molar-refractivity contribution >= 4 is 53.4 Å². The molecular formula is C22H24N4OS2. The highest BCUT2D eigenvalue weighted by atomic mass is 32.1. The Morgan fingerprint density at radius 2 is 1.41 bits per heavy atom. The Morgan fingerprint density at radius 1 is 0.793 bits per heavy atom. The van der Waals surface area contributed by atoms with E-state index in [-0.39, 0.29) is 0 Å². The third-order valence-electron chi connectivity index (χ3n) is 5.81. The molecule has 0 unspecified atom stereocenters. The highest BCUT2D eigenvalue weighted by molar-refractivity contribution is 7.22. The maximum Gasteiger partial charge on any atom is 0.186 e. The van der Waals surface area contributed by atoms with Crippen molar-refractivity contribution in [1.29, 1.82) is 0 Å². The molecule has 0 spiro atoms. The third-order valence-corrected chi connectivity index (χ3v) is 8.14. The molecule has 7 heteroatoms. The quantitative estimate of drug-likeness (QED) is 0.454. The summed E-state index contributed by atoms with van der Waals surface area (Å²) in [5.41, 5.74) is 5.99. The summed E-state index contributed by atoms with van der Waals surface area (Å²) < 4.78 is 8.01. The zero-order valence-corrected chi connectivity index (χ0v) is 18.8. The van der Waals surface area contributed by atoms with E-state index in [9.17, 15) is 0 Å². The smallest absolute Gasteiger partial charge is 0.186 e. The SMILES string of the molecule is COc1ccc(C)c2sc(N3CCN(c4nc5c(C)c(C)ccc5s4)CC3)nc12. The van der Waals surface area contributed by atoms with Crippen LogP contribution >= 0.6 is 22.7 Å². The van der Waals surface area contributed by atoms with Gasteiger partial charge >= 0.3 is 0 Å². The van der Waals surface area contributed by atoms with E-state index in [1.165, 1.54) is 26.1 Å². The first-order chi connectivity index (χ1) is 14.0. The highest BCUT2D eigenvalue weighted by Gasteiger charge is 2.23. The molecular weight excluding hydrogens is 400 g/mol. The van der Waals surface area contributed by atoms with Gasteiger partial charge in [0, 0.05) is 26.2 Å². The number of ether oxygens (including phenoxy) is 1. The molecule has 0 atom stereocenters. The number of thiazole rings is 2. The van der Waals surface area contributed by atoms with E-state index in [1.807, 2.05) is 6.07 Å². The predicted octanol–water partition coefficient (Wildman–Crippen LogP) is 5.17. The Bertz CT molecular complexity index is 1200. The standard InChI is InChI=1S/C22H24N4OS2/c1-13-6-8-17-18(15(13)3)23-21(28-17)25-9-11-26(12-10-25)22-24-19-16(27-4)7-5-14(2)20(19)29-22/h5-8H,9-12H2,1-4H3. The summed E-state index contributed by atoms with van der Waals surface area (Å²) in [5, 5.41) is 2.22. The van der Waals surface area contributed by atoms with Gasteiger partial charge < -0.3 is 14.5 Å². The fourth-order valence-corrected chi connectivity index (χ4v) is 6.02. The van der Waals surface area contributed by atoms with Gasteiger partial charge in [-0.1, -0.05) is 34.8 Å². The summed E-state index contributed by atoms with van der Waals surface area (Å²) in [4.78, 5) is 14.7. The molecule has 0 N–H and O–H groups in total. The Hall–Kier alpha value is -2.38. The first-order valence-electron chi connectivity index (χ1n) is 9.86. The van der Waals surface area contributed by atoms with E-state index >= 15 is 0 Å². The maximum absolute atomic E-state index is 5.52. The van der Waals surface area contributed by atoms with Crippen LogP contribution in [-0.4, -0.2) is 43.3 Å². The number of benzene rings is 2. The Labute approximate surface area is 178 Å². The van der Waals surface area contributed by atoms with Crippen molar-refractivity contribution < 1.29 is 4.74 Å². The monoisotopic (exact) mass is 424 g/mol. The van der Waals surface area contributed by atoms with Crippen LogP contribution in [0.15, 0.2) is 24.3 Å². The van der Waals surface area contributed by atoms with E-state index in [2.05, 4.69) is 48.8 Å². The van der Waals surface area contributed by atoms with Crippen molar-refractivity contribution in [2.24, 2.45) is 0 Å². The van der Waals surface area contributed by atoms with E-state index in [0.29, 0.717) is 0 Å². The predicted molar refractivity (Wildman–Crippen MR) is 124 cm³/mol. The molecule has 150 valence electrons. The van der Waals surface area contributed by atoms with Gasteiger partial charge in [0.05, 0.1) is 22.0 Å². The van der Waals surface area contributed by atoms with E-state index in [0.717, 1.165) is 53.2 Å². The van der Waals surface area contributed by atoms with Crippen LogP contribution in [0.3, 0.4) is 0 Å². The lowest BCUT2D eigenvalue weighted by Gasteiger charge is -2.34. The molecule has 2 aromatic heterocycles. The van der Waals surface area contributed by atoms with Gasteiger partial charge in [-0.2, -0.15) is 0 Å². The zero-order valence-electron chi connectivity index (χ0n) is 17.2. The van der Waals surface area contributed by atoms with Crippen molar-refractivity contribution in [1.82, 2.24) is 9.97 Å². The normalized spacial score (nSPS) is 14.9. The average Bonchev–Trinajstić information content (AvgIpc) is 3.37. The van der Waals surface area contributed by atoms with Gasteiger partial charge in [0.25, 0.3) is 0 Å². The van der Waals surface area contributed by atoms with Crippen molar-refractivity contribution in [3.05, 3.63) is 41.0 Å². The minimum atomic E-state index is 0.854. The molecule has 1 aliphatic rings. The lowest BCUT2D eigenvalue weighted by Crippen LogP contribution is -2.46. The Balaban J connectivity index is 1.37. The number of methoxy groups -OCH3 is 1. The zero-order chi connectivity index (χ0) is 20.1. The Kier molecular flexibility index (Phi) is 4.59. The number of fused-ring (bicyclic) bond motifs is 2. The molecule has 1 aliphatic heterocycles. The van der Waals surface area contributed by atoms with Gasteiger partial charge in [-0.3, -0.25) is 0 Å². The summed E-state index contributed by atoms with van der Waals surface area (Å²) in [6, 6.07) is 8.51. The molecule has 29 heavy (non-hydrogen) atoms. The number of aromatic nitrogens is 2. The molecule has 0 saturated carbocycles. The van der Waals surface area contributed by atoms with E-state index < -0.39 is 0 Å². The van der Waals surface area contributed by atoms with Gasteiger partial charge in [0.1, 0.15) is 11.3 Å². The van der Waals surface area contributed by atoms with Crippen LogP contribution in [0.4, 0.5) is 10.3 Å². The third kappa shape index (κ3) is 3.13. The van der Waals surface area contributed by atoms with E-state index in [4.69, 9.17) is 14.7 Å². The van der Waals surface area contributed by atoms with Crippen LogP contribution < -0.4 is 14.5 Å². The van der Waals surface area contributed by atoms with Gasteiger partial charge in [-0.15, -0.1) is 0 Å². The number of anilines is 2. The largest absolute Gasteiger partial charge is 0.494 e. The molecule has 0 radical (unpaired) electrons. The topological polar surface area (TPSA) is 41.5 Å². The van der Waals surface area contributed by atoms with Crippen LogP contribution in [0, 0.1) is 20.8 Å². The van der Waals surface area contributed by atoms with Crippen LogP contribution in [0.5, 0.6) is 5.75 Å². The van der Waals surface area contributed by atoms with Gasteiger partial charge in [0.2, 0.25) is 0 Å². The molecule has 0 aliphatic carbocycles. The Morgan fingerprint density at radius 3 is 2.10 bits per heavy atom. The summed E-state index contributed by atoms with van der Waals surface area (Å²) in [5.74, 6) is 0.854. The minimum absolute atomic E-state index is 0.854. The lowest BCUT2D eigenvalue weighted by atomic mass is 10.1. The first kappa shape index (κ1) is 18.6. The fourth-order valence-electron chi connectivity index (χ4n) is 3.84. The second kappa shape index (κ2) is 7.15. The number of hydrogen-bond donors (Lipinski definition) is 0. The summed E-state index contributed by atoms with van der Waals surface area (Å²) >= 11 is 3.57. The summed E-state index contributed by atoms with van der Waals surface area (Å²) in [6.45, 7) is 10.3. The number of rotatable bonds is 3. The van der Waals surface area contributed by atoms with Gasteiger partial charge in [0.15, 0.2) is 10.3 Å². The number of nitrogens with zero attached hydrogens (tertiary/aromatic N) is 4.